The van der Waals surface area contributed by atoms with E-state index in [2.05, 4.69) is 96.3 Å². The second kappa shape index (κ2) is 5.95. The summed E-state index contributed by atoms with van der Waals surface area (Å²) in [5.74, 6) is -1.11. The lowest BCUT2D eigenvalue weighted by atomic mass is 9.56. The van der Waals surface area contributed by atoms with Gasteiger partial charge in [0.25, 0.3) is 0 Å². The number of alkyl halides is 1. The molecule has 0 radical (unpaired) electrons. The lowest BCUT2D eigenvalue weighted by Crippen LogP contribution is -2.66. The minimum absolute atomic E-state index is 0.525. The van der Waals surface area contributed by atoms with Crippen molar-refractivity contribution >= 4 is 5.70 Å². The van der Waals surface area contributed by atoms with Gasteiger partial charge in [0.2, 0.25) is 5.79 Å². The molecule has 2 aliphatic heterocycles. The highest BCUT2D eigenvalue weighted by Crippen LogP contribution is 2.60. The second-order valence-corrected chi connectivity index (χ2v) is 9.92. The van der Waals surface area contributed by atoms with Crippen LogP contribution in [-0.2, 0) is 5.41 Å². The Hall–Kier alpha value is -2.09. The molecule has 0 saturated heterocycles. The first-order valence-electron chi connectivity index (χ1n) is 10.4. The molecule has 2 heteroatoms. The van der Waals surface area contributed by atoms with Crippen LogP contribution in [0.25, 0.3) is 5.70 Å². The first kappa shape index (κ1) is 19.2. The van der Waals surface area contributed by atoms with Crippen molar-refractivity contribution in [1.29, 1.82) is 0 Å². The average Bonchev–Trinajstić information content (AvgIpc) is 2.68. The number of benzene rings is 1. The quantitative estimate of drug-likeness (QED) is 0.567. The lowest BCUT2D eigenvalue weighted by Gasteiger charge is -2.56. The Balaban J connectivity index is 2.02. The fourth-order valence-corrected chi connectivity index (χ4v) is 5.74. The van der Waals surface area contributed by atoms with Gasteiger partial charge in [0, 0.05) is 16.7 Å². The van der Waals surface area contributed by atoms with E-state index in [-0.39, 0.29) is 0 Å². The van der Waals surface area contributed by atoms with Crippen molar-refractivity contribution in [2.45, 2.75) is 66.1 Å². The van der Waals surface area contributed by atoms with Crippen molar-refractivity contribution < 1.29 is 4.39 Å². The van der Waals surface area contributed by atoms with Crippen molar-refractivity contribution in [3.05, 3.63) is 75.9 Å². The summed E-state index contributed by atoms with van der Waals surface area (Å²) >= 11 is 0. The van der Waals surface area contributed by atoms with Crippen LogP contribution in [0.3, 0.4) is 0 Å². The molecule has 0 spiro atoms. The van der Waals surface area contributed by atoms with Gasteiger partial charge in [0.05, 0.1) is 5.41 Å². The van der Waals surface area contributed by atoms with E-state index in [0.29, 0.717) is 5.92 Å². The van der Waals surface area contributed by atoms with E-state index in [1.165, 1.54) is 16.7 Å². The zero-order valence-electron chi connectivity index (χ0n) is 18.2. The Bertz CT molecular complexity index is 972. The highest BCUT2D eigenvalue weighted by Gasteiger charge is 2.63. The van der Waals surface area contributed by atoms with E-state index in [1.54, 1.807) is 0 Å². The van der Waals surface area contributed by atoms with E-state index < -0.39 is 16.6 Å². The molecule has 3 aliphatic rings. The third-order valence-corrected chi connectivity index (χ3v) is 6.96. The molecule has 1 N–H and O–H groups in total. The number of halogens is 1. The largest absolute Gasteiger partial charge is 0.351 e. The Labute approximate surface area is 169 Å². The molecule has 1 aromatic carbocycles. The van der Waals surface area contributed by atoms with E-state index >= 15 is 4.39 Å². The molecule has 1 aromatic rings. The predicted octanol–water partition coefficient (Wildman–Crippen LogP) is 6.68. The number of rotatable bonds is 2. The molecule has 2 bridgehead atoms. The maximum atomic E-state index is 17.4. The molecule has 2 atom stereocenters. The molecule has 0 amide bonds. The van der Waals surface area contributed by atoms with Gasteiger partial charge in [-0.15, -0.1) is 0 Å². The van der Waals surface area contributed by atoms with Crippen LogP contribution >= 0.6 is 0 Å². The topological polar surface area (TPSA) is 12.0 Å². The van der Waals surface area contributed by atoms with Gasteiger partial charge in [-0.05, 0) is 67.5 Å². The summed E-state index contributed by atoms with van der Waals surface area (Å²) in [4.78, 5) is 0. The molecule has 28 heavy (non-hydrogen) atoms. The van der Waals surface area contributed by atoms with Crippen molar-refractivity contribution in [3.63, 3.8) is 0 Å². The minimum atomic E-state index is -1.63. The van der Waals surface area contributed by atoms with Crippen molar-refractivity contribution in [2.75, 3.05) is 0 Å². The van der Waals surface area contributed by atoms with Crippen LogP contribution in [-0.4, -0.2) is 5.79 Å². The van der Waals surface area contributed by atoms with Crippen LogP contribution in [0, 0.1) is 25.2 Å². The minimum Gasteiger partial charge on any atom is -0.351 e. The van der Waals surface area contributed by atoms with Gasteiger partial charge in [0.15, 0.2) is 0 Å². The fourth-order valence-electron chi connectivity index (χ4n) is 5.74. The number of hydrogen-bond donors (Lipinski definition) is 1. The highest BCUT2D eigenvalue weighted by atomic mass is 19.1. The van der Waals surface area contributed by atoms with Gasteiger partial charge in [-0.2, -0.15) is 0 Å². The van der Waals surface area contributed by atoms with Crippen LogP contribution in [0.2, 0.25) is 0 Å². The Morgan fingerprint density at radius 3 is 2.43 bits per heavy atom. The SMILES string of the molecule is Cc1cc(C)c2c(c1)C1=CC=C3C(CC(C)C)=CC=CC3(C)[C@@](F)(N1)C2(C)C. The highest BCUT2D eigenvalue weighted by molar-refractivity contribution is 5.77. The van der Waals surface area contributed by atoms with Gasteiger partial charge in [-0.3, -0.25) is 0 Å². The van der Waals surface area contributed by atoms with E-state index in [0.717, 1.165) is 28.8 Å². The number of hydrogen-bond acceptors (Lipinski definition) is 1. The van der Waals surface area contributed by atoms with Gasteiger partial charge in [-0.25, -0.2) is 4.39 Å². The van der Waals surface area contributed by atoms with Crippen molar-refractivity contribution in [2.24, 2.45) is 11.3 Å². The first-order valence-corrected chi connectivity index (χ1v) is 10.4. The number of aryl methyl sites for hydroxylation is 2. The third-order valence-electron chi connectivity index (χ3n) is 6.96. The molecule has 2 heterocycles. The van der Waals surface area contributed by atoms with Crippen molar-refractivity contribution in [1.82, 2.24) is 5.32 Å². The maximum absolute atomic E-state index is 17.4. The van der Waals surface area contributed by atoms with Crippen molar-refractivity contribution in [3.8, 4) is 0 Å². The molecule has 0 aromatic heterocycles. The number of allylic oxidation sites excluding steroid dienone is 5. The van der Waals surface area contributed by atoms with Gasteiger partial charge >= 0.3 is 0 Å². The second-order valence-electron chi connectivity index (χ2n) is 9.92. The molecule has 0 saturated carbocycles. The summed E-state index contributed by atoms with van der Waals surface area (Å²) in [6.07, 6.45) is 11.5. The summed E-state index contributed by atoms with van der Waals surface area (Å²) < 4.78 is 17.4. The Morgan fingerprint density at radius 2 is 1.75 bits per heavy atom. The van der Waals surface area contributed by atoms with Gasteiger partial charge < -0.3 is 5.32 Å². The average molecular weight is 378 g/mol. The predicted molar refractivity (Wildman–Crippen MR) is 117 cm³/mol. The molecule has 4 rings (SSSR count). The summed E-state index contributed by atoms with van der Waals surface area (Å²) in [5.41, 5.74) is 6.43. The Morgan fingerprint density at radius 1 is 1.04 bits per heavy atom. The van der Waals surface area contributed by atoms with E-state index in [4.69, 9.17) is 0 Å². The zero-order valence-corrected chi connectivity index (χ0v) is 18.2. The smallest absolute Gasteiger partial charge is 0.202 e. The third kappa shape index (κ3) is 2.36. The molecular weight excluding hydrogens is 345 g/mol. The molecule has 1 unspecified atom stereocenters. The van der Waals surface area contributed by atoms with E-state index in [1.807, 2.05) is 0 Å². The summed E-state index contributed by atoms with van der Waals surface area (Å²) in [6, 6.07) is 4.37. The lowest BCUT2D eigenvalue weighted by molar-refractivity contribution is -0.0307. The van der Waals surface area contributed by atoms with Crippen LogP contribution in [0.15, 0.2) is 53.7 Å². The standard InChI is InChI=1S/C26H32FN/c1-16(2)13-19-9-8-12-25(7)21(19)10-11-22-20-15-17(3)14-18(4)23(20)24(5,6)26(25,27)28-22/h8-12,14-16,28H,13H2,1-7H3/t25?,26-/m0/s1. The molecule has 0 fully saturated rings. The zero-order chi connectivity index (χ0) is 20.5. The normalized spacial score (nSPS) is 29.8. The maximum Gasteiger partial charge on any atom is 0.202 e. The summed E-state index contributed by atoms with van der Waals surface area (Å²) in [7, 11) is 0. The molecule has 1 nitrogen and oxygen atoms in total. The summed E-state index contributed by atoms with van der Waals surface area (Å²) in [6.45, 7) is 14.8. The van der Waals surface area contributed by atoms with Crippen LogP contribution in [0.1, 0.15) is 63.3 Å². The van der Waals surface area contributed by atoms with Crippen LogP contribution < -0.4 is 5.32 Å². The fraction of sp³-hybridized carbons (Fsp3) is 0.462. The molecular formula is C26H32FN. The van der Waals surface area contributed by atoms with Crippen LogP contribution in [0.5, 0.6) is 0 Å². The van der Waals surface area contributed by atoms with E-state index in [9.17, 15) is 0 Å². The summed E-state index contributed by atoms with van der Waals surface area (Å²) in [5, 5.41) is 3.37. The van der Waals surface area contributed by atoms with Gasteiger partial charge in [0.1, 0.15) is 0 Å². The first-order chi connectivity index (χ1) is 13.0. The number of fused-ring (bicyclic) bond motifs is 6. The monoisotopic (exact) mass is 377 g/mol. The van der Waals surface area contributed by atoms with Crippen LogP contribution in [0.4, 0.5) is 4.39 Å². The number of nitrogens with one attached hydrogen (secondary N) is 1. The molecule has 148 valence electrons. The molecule has 1 aliphatic carbocycles. The van der Waals surface area contributed by atoms with Gasteiger partial charge in [-0.1, -0.05) is 63.6 Å². The Kier molecular flexibility index (Phi) is 4.09.